The molecular formula is C18H21NO2. The van der Waals surface area contributed by atoms with Gasteiger partial charge in [0.05, 0.1) is 12.7 Å². The monoisotopic (exact) mass is 283 g/mol. The first kappa shape index (κ1) is 15.3. The van der Waals surface area contributed by atoms with Crippen LogP contribution in [0.2, 0.25) is 0 Å². The molecular weight excluding hydrogens is 262 g/mol. The summed E-state index contributed by atoms with van der Waals surface area (Å²) in [6.45, 7) is 3.88. The van der Waals surface area contributed by atoms with Gasteiger partial charge in [0.25, 0.3) is 0 Å². The molecule has 0 bridgehead atoms. The Kier molecular flexibility index (Phi) is 5.12. The molecule has 0 heterocycles. The molecule has 3 nitrogen and oxygen atoms in total. The fraction of sp³-hybridized carbons (Fsp3) is 0.278. The third-order valence-corrected chi connectivity index (χ3v) is 3.53. The van der Waals surface area contributed by atoms with Crippen molar-refractivity contribution in [2.75, 3.05) is 14.2 Å². The van der Waals surface area contributed by atoms with E-state index in [0.717, 1.165) is 13.1 Å². The van der Waals surface area contributed by atoms with Gasteiger partial charge in [0.15, 0.2) is 0 Å². The highest BCUT2D eigenvalue weighted by Crippen LogP contribution is 2.13. The van der Waals surface area contributed by atoms with Gasteiger partial charge in [0, 0.05) is 13.1 Å². The zero-order valence-corrected chi connectivity index (χ0v) is 12.8. The van der Waals surface area contributed by atoms with E-state index in [1.54, 1.807) is 0 Å². The van der Waals surface area contributed by atoms with Crippen molar-refractivity contribution in [2.45, 2.75) is 20.0 Å². The average molecular weight is 283 g/mol. The SMILES string of the molecule is COC(=O)c1ccc(CN(C)Cc2ccccc2C)cc1. The van der Waals surface area contributed by atoms with Crippen LogP contribution in [0.15, 0.2) is 48.5 Å². The third-order valence-electron chi connectivity index (χ3n) is 3.53. The van der Waals surface area contributed by atoms with Crippen LogP contribution in [-0.4, -0.2) is 25.0 Å². The van der Waals surface area contributed by atoms with E-state index in [1.165, 1.54) is 23.8 Å². The van der Waals surface area contributed by atoms with Crippen LogP contribution < -0.4 is 0 Å². The van der Waals surface area contributed by atoms with E-state index < -0.39 is 0 Å². The number of carbonyl (C=O) groups is 1. The van der Waals surface area contributed by atoms with Crippen LogP contribution in [0.1, 0.15) is 27.0 Å². The first-order chi connectivity index (χ1) is 10.1. The van der Waals surface area contributed by atoms with Gasteiger partial charge in [0.2, 0.25) is 0 Å². The highest BCUT2D eigenvalue weighted by Gasteiger charge is 2.07. The Morgan fingerprint density at radius 2 is 1.71 bits per heavy atom. The molecule has 110 valence electrons. The molecule has 0 amide bonds. The molecule has 0 atom stereocenters. The zero-order chi connectivity index (χ0) is 15.2. The van der Waals surface area contributed by atoms with Crippen LogP contribution in [-0.2, 0) is 17.8 Å². The van der Waals surface area contributed by atoms with Crippen molar-refractivity contribution < 1.29 is 9.53 Å². The number of hydrogen-bond acceptors (Lipinski definition) is 3. The number of carbonyl (C=O) groups excluding carboxylic acids is 1. The summed E-state index contributed by atoms with van der Waals surface area (Å²) in [6, 6.07) is 16.0. The van der Waals surface area contributed by atoms with Gasteiger partial charge in [-0.15, -0.1) is 0 Å². The van der Waals surface area contributed by atoms with Crippen molar-refractivity contribution in [3.8, 4) is 0 Å². The van der Waals surface area contributed by atoms with Crippen molar-refractivity contribution >= 4 is 5.97 Å². The highest BCUT2D eigenvalue weighted by molar-refractivity contribution is 5.89. The van der Waals surface area contributed by atoms with E-state index in [9.17, 15) is 4.79 Å². The van der Waals surface area contributed by atoms with Crippen molar-refractivity contribution in [1.29, 1.82) is 0 Å². The summed E-state index contributed by atoms with van der Waals surface area (Å²) in [5, 5.41) is 0. The van der Waals surface area contributed by atoms with Gasteiger partial charge in [-0.25, -0.2) is 4.79 Å². The van der Waals surface area contributed by atoms with E-state index in [-0.39, 0.29) is 5.97 Å². The van der Waals surface area contributed by atoms with E-state index in [1.807, 2.05) is 24.3 Å². The summed E-state index contributed by atoms with van der Waals surface area (Å²) in [5.74, 6) is -0.296. The van der Waals surface area contributed by atoms with Gasteiger partial charge in [-0.1, -0.05) is 36.4 Å². The molecule has 0 aliphatic carbocycles. The molecule has 0 saturated heterocycles. The third kappa shape index (κ3) is 4.17. The van der Waals surface area contributed by atoms with Gasteiger partial charge in [-0.05, 0) is 42.8 Å². The van der Waals surface area contributed by atoms with Crippen molar-refractivity contribution in [3.63, 3.8) is 0 Å². The van der Waals surface area contributed by atoms with Crippen LogP contribution in [0.5, 0.6) is 0 Å². The molecule has 0 radical (unpaired) electrons. The summed E-state index contributed by atoms with van der Waals surface area (Å²) >= 11 is 0. The Balaban J connectivity index is 1.98. The second-order valence-corrected chi connectivity index (χ2v) is 5.29. The maximum absolute atomic E-state index is 11.4. The lowest BCUT2D eigenvalue weighted by Crippen LogP contribution is -2.17. The smallest absolute Gasteiger partial charge is 0.337 e. The molecule has 0 spiro atoms. The molecule has 2 aromatic rings. The number of esters is 1. The van der Waals surface area contributed by atoms with Crippen LogP contribution in [0.4, 0.5) is 0 Å². The van der Waals surface area contributed by atoms with Crippen molar-refractivity contribution in [2.24, 2.45) is 0 Å². The quantitative estimate of drug-likeness (QED) is 0.788. The Labute approximate surface area is 126 Å². The number of hydrogen-bond donors (Lipinski definition) is 0. The molecule has 2 rings (SSSR count). The summed E-state index contributed by atoms with van der Waals surface area (Å²) in [7, 11) is 3.49. The van der Waals surface area contributed by atoms with E-state index in [0.29, 0.717) is 5.56 Å². The molecule has 3 heteroatoms. The zero-order valence-electron chi connectivity index (χ0n) is 12.8. The summed E-state index contributed by atoms with van der Waals surface area (Å²) in [6.07, 6.45) is 0. The minimum atomic E-state index is -0.296. The van der Waals surface area contributed by atoms with Gasteiger partial charge in [-0.3, -0.25) is 4.90 Å². The van der Waals surface area contributed by atoms with Gasteiger partial charge >= 0.3 is 5.97 Å². The van der Waals surface area contributed by atoms with Crippen molar-refractivity contribution in [1.82, 2.24) is 4.90 Å². The Bertz CT molecular complexity index is 605. The molecule has 0 saturated carbocycles. The second-order valence-electron chi connectivity index (χ2n) is 5.29. The topological polar surface area (TPSA) is 29.5 Å². The fourth-order valence-electron chi connectivity index (χ4n) is 2.31. The minimum Gasteiger partial charge on any atom is -0.465 e. The molecule has 21 heavy (non-hydrogen) atoms. The molecule has 0 unspecified atom stereocenters. The summed E-state index contributed by atoms with van der Waals surface area (Å²) < 4.78 is 4.70. The number of benzene rings is 2. The standard InChI is InChI=1S/C18H21NO2/c1-14-6-4-5-7-17(14)13-19(2)12-15-8-10-16(11-9-15)18(20)21-3/h4-11H,12-13H2,1-3H3. The van der Waals surface area contributed by atoms with E-state index in [4.69, 9.17) is 4.74 Å². The Morgan fingerprint density at radius 1 is 1.05 bits per heavy atom. The second kappa shape index (κ2) is 7.04. The van der Waals surface area contributed by atoms with E-state index >= 15 is 0 Å². The van der Waals surface area contributed by atoms with Crippen molar-refractivity contribution in [3.05, 3.63) is 70.8 Å². The normalized spacial score (nSPS) is 10.7. The molecule has 0 aliphatic rings. The van der Waals surface area contributed by atoms with Crippen LogP contribution in [0, 0.1) is 6.92 Å². The van der Waals surface area contributed by atoms with Crippen LogP contribution >= 0.6 is 0 Å². The number of rotatable bonds is 5. The molecule has 2 aromatic carbocycles. The predicted octanol–water partition coefficient (Wildman–Crippen LogP) is 3.41. The molecule has 0 fully saturated rings. The largest absolute Gasteiger partial charge is 0.465 e. The lowest BCUT2D eigenvalue weighted by molar-refractivity contribution is 0.0600. The van der Waals surface area contributed by atoms with Gasteiger partial charge in [0.1, 0.15) is 0 Å². The summed E-state index contributed by atoms with van der Waals surface area (Å²) in [4.78, 5) is 13.7. The maximum atomic E-state index is 11.4. The fourth-order valence-corrected chi connectivity index (χ4v) is 2.31. The molecule has 0 N–H and O–H groups in total. The number of aryl methyl sites for hydroxylation is 1. The molecule has 0 aliphatic heterocycles. The van der Waals surface area contributed by atoms with Crippen LogP contribution in [0.3, 0.4) is 0 Å². The molecule has 0 aromatic heterocycles. The lowest BCUT2D eigenvalue weighted by atomic mass is 10.1. The van der Waals surface area contributed by atoms with Crippen LogP contribution in [0.25, 0.3) is 0 Å². The highest BCUT2D eigenvalue weighted by atomic mass is 16.5. The first-order valence-electron chi connectivity index (χ1n) is 7.00. The minimum absolute atomic E-state index is 0.296. The van der Waals surface area contributed by atoms with E-state index in [2.05, 4.69) is 43.1 Å². The summed E-state index contributed by atoms with van der Waals surface area (Å²) in [5.41, 5.74) is 4.41. The predicted molar refractivity (Wildman–Crippen MR) is 84.1 cm³/mol. The number of ether oxygens (including phenoxy) is 1. The number of methoxy groups -OCH3 is 1. The first-order valence-corrected chi connectivity index (χ1v) is 7.00. The van der Waals surface area contributed by atoms with Gasteiger partial charge in [-0.2, -0.15) is 0 Å². The number of nitrogens with zero attached hydrogens (tertiary/aromatic N) is 1. The lowest BCUT2D eigenvalue weighted by Gasteiger charge is -2.18. The maximum Gasteiger partial charge on any atom is 0.337 e. The van der Waals surface area contributed by atoms with Gasteiger partial charge < -0.3 is 4.74 Å². The Morgan fingerprint density at radius 3 is 2.33 bits per heavy atom. The average Bonchev–Trinajstić information content (AvgIpc) is 2.49. The Hall–Kier alpha value is -2.13.